The van der Waals surface area contributed by atoms with E-state index >= 15 is 0 Å². The Morgan fingerprint density at radius 2 is 1.81 bits per heavy atom. The molecule has 2 heterocycles. The van der Waals surface area contributed by atoms with Gasteiger partial charge in [0.05, 0.1) is 25.5 Å². The van der Waals surface area contributed by atoms with Gasteiger partial charge in [0.15, 0.2) is 17.8 Å². The lowest BCUT2D eigenvalue weighted by Gasteiger charge is -2.24. The van der Waals surface area contributed by atoms with Gasteiger partial charge >= 0.3 is 0 Å². The maximum absolute atomic E-state index is 13.1. The van der Waals surface area contributed by atoms with Crippen molar-refractivity contribution in [2.45, 2.75) is 27.1 Å². The second-order valence-corrected chi connectivity index (χ2v) is 8.52. The van der Waals surface area contributed by atoms with Gasteiger partial charge in [-0.1, -0.05) is 0 Å². The molecule has 0 aliphatic rings. The smallest absolute Gasteiger partial charge is 0.254 e. The first kappa shape index (κ1) is 26.1. The summed E-state index contributed by atoms with van der Waals surface area (Å²) in [6.45, 7) is 7.11. The summed E-state index contributed by atoms with van der Waals surface area (Å²) >= 11 is 0. The maximum Gasteiger partial charge on any atom is 0.254 e. The molecule has 0 bridgehead atoms. The lowest BCUT2D eigenvalue weighted by molar-refractivity contribution is -0.141. The Kier molecular flexibility index (Phi) is 8.37. The van der Waals surface area contributed by atoms with Gasteiger partial charge in [0.1, 0.15) is 5.75 Å². The molecule has 1 N–H and O–H groups in total. The minimum absolute atomic E-state index is 0.0916. The van der Waals surface area contributed by atoms with Crippen LogP contribution in [0.15, 0.2) is 61.1 Å². The van der Waals surface area contributed by atoms with E-state index in [1.165, 1.54) is 0 Å². The van der Waals surface area contributed by atoms with E-state index in [9.17, 15) is 4.79 Å². The average Bonchev–Trinajstić information content (AvgIpc) is 3.34. The molecular formula is C28H33N5O4. The molecule has 0 spiro atoms. The van der Waals surface area contributed by atoms with E-state index in [1.807, 2.05) is 80.0 Å². The third-order valence-electron chi connectivity index (χ3n) is 6.01. The van der Waals surface area contributed by atoms with Crippen LogP contribution in [0, 0.1) is 6.92 Å². The summed E-state index contributed by atoms with van der Waals surface area (Å²) in [5.41, 5.74) is 4.94. The summed E-state index contributed by atoms with van der Waals surface area (Å²) < 4.78 is 18.4. The number of ether oxygens (including phenoxy) is 3. The van der Waals surface area contributed by atoms with Gasteiger partial charge in [0, 0.05) is 49.5 Å². The number of anilines is 2. The zero-order valence-corrected chi connectivity index (χ0v) is 21.9. The Bertz CT molecular complexity index is 1350. The van der Waals surface area contributed by atoms with E-state index in [-0.39, 0.29) is 5.91 Å². The highest BCUT2D eigenvalue weighted by molar-refractivity contribution is 5.96. The van der Waals surface area contributed by atoms with E-state index in [1.54, 1.807) is 25.3 Å². The number of benzene rings is 2. The Morgan fingerprint density at radius 3 is 2.46 bits per heavy atom. The third kappa shape index (κ3) is 5.90. The molecule has 194 valence electrons. The number of amides is 1. The van der Waals surface area contributed by atoms with Crippen molar-refractivity contribution >= 4 is 23.1 Å². The van der Waals surface area contributed by atoms with Crippen LogP contribution >= 0.6 is 0 Å². The molecule has 4 rings (SSSR count). The average molecular weight is 504 g/mol. The van der Waals surface area contributed by atoms with Gasteiger partial charge in [-0.15, -0.1) is 0 Å². The molecular weight excluding hydrogens is 470 g/mol. The highest BCUT2D eigenvalue weighted by Gasteiger charge is 2.19. The number of fused-ring (bicyclic) bond motifs is 1. The Morgan fingerprint density at radius 1 is 1.08 bits per heavy atom. The van der Waals surface area contributed by atoms with Crippen LogP contribution in [0.1, 0.15) is 29.8 Å². The number of nitrogens with one attached hydrogen (secondary N) is 1. The normalized spacial score (nSPS) is 11.2. The SMILES string of the molecule is CCOC(CN(C)C(=O)c1ccc(Nc2nccn3c(-c4ccc(OC)cc4)cnc23)cc1C)OCC. The zero-order chi connectivity index (χ0) is 26.4. The van der Waals surface area contributed by atoms with E-state index in [0.29, 0.717) is 36.8 Å². The van der Waals surface area contributed by atoms with Crippen LogP contribution in [0.4, 0.5) is 11.5 Å². The largest absolute Gasteiger partial charge is 0.497 e. The molecule has 0 unspecified atom stereocenters. The second-order valence-electron chi connectivity index (χ2n) is 8.52. The molecule has 0 atom stereocenters. The van der Waals surface area contributed by atoms with Crippen LogP contribution in [0.25, 0.3) is 16.9 Å². The minimum Gasteiger partial charge on any atom is -0.497 e. The Hall–Kier alpha value is -3.95. The molecule has 0 saturated heterocycles. The van der Waals surface area contributed by atoms with Crippen molar-refractivity contribution in [1.29, 1.82) is 0 Å². The van der Waals surface area contributed by atoms with Crippen LogP contribution < -0.4 is 10.1 Å². The molecule has 37 heavy (non-hydrogen) atoms. The van der Waals surface area contributed by atoms with Crippen molar-refractivity contribution in [3.63, 3.8) is 0 Å². The molecule has 4 aromatic rings. The predicted octanol–water partition coefficient (Wildman–Crippen LogP) is 4.93. The van der Waals surface area contributed by atoms with Crippen LogP contribution in [0.2, 0.25) is 0 Å². The molecule has 9 nitrogen and oxygen atoms in total. The number of carbonyl (C=O) groups is 1. The maximum atomic E-state index is 13.1. The highest BCUT2D eigenvalue weighted by atomic mass is 16.7. The first-order chi connectivity index (χ1) is 17.9. The fourth-order valence-corrected chi connectivity index (χ4v) is 4.14. The number of nitrogens with zero attached hydrogens (tertiary/aromatic N) is 4. The number of methoxy groups -OCH3 is 1. The van der Waals surface area contributed by atoms with Crippen molar-refractivity contribution < 1.29 is 19.0 Å². The predicted molar refractivity (Wildman–Crippen MR) is 143 cm³/mol. The number of rotatable bonds is 11. The highest BCUT2D eigenvalue weighted by Crippen LogP contribution is 2.27. The van der Waals surface area contributed by atoms with E-state index < -0.39 is 6.29 Å². The van der Waals surface area contributed by atoms with Crippen molar-refractivity contribution in [2.24, 2.45) is 0 Å². The van der Waals surface area contributed by atoms with E-state index in [0.717, 1.165) is 28.3 Å². The van der Waals surface area contributed by atoms with Crippen LogP contribution in [0.3, 0.4) is 0 Å². The summed E-state index contributed by atoms with van der Waals surface area (Å²) in [7, 11) is 3.40. The summed E-state index contributed by atoms with van der Waals surface area (Å²) in [6.07, 6.45) is 4.99. The lowest BCUT2D eigenvalue weighted by atomic mass is 10.1. The Labute approximate surface area is 217 Å². The van der Waals surface area contributed by atoms with Gasteiger partial charge in [0.2, 0.25) is 0 Å². The number of carbonyl (C=O) groups excluding carboxylic acids is 1. The monoisotopic (exact) mass is 503 g/mol. The van der Waals surface area contributed by atoms with Crippen molar-refractivity contribution in [1.82, 2.24) is 19.3 Å². The number of aromatic nitrogens is 3. The van der Waals surface area contributed by atoms with Crippen molar-refractivity contribution in [3.05, 3.63) is 72.2 Å². The fraction of sp³-hybridized carbons (Fsp3) is 0.321. The summed E-state index contributed by atoms with van der Waals surface area (Å²) in [6, 6.07) is 13.5. The number of imidazole rings is 1. The van der Waals surface area contributed by atoms with Crippen molar-refractivity contribution in [3.8, 4) is 17.0 Å². The topological polar surface area (TPSA) is 90.2 Å². The first-order valence-corrected chi connectivity index (χ1v) is 12.3. The molecule has 0 saturated carbocycles. The Balaban J connectivity index is 1.52. The number of aryl methyl sites for hydroxylation is 1. The van der Waals surface area contributed by atoms with Gasteiger partial charge in [-0.05, 0) is 68.8 Å². The third-order valence-corrected chi connectivity index (χ3v) is 6.01. The van der Waals surface area contributed by atoms with Gasteiger partial charge < -0.3 is 24.4 Å². The molecule has 2 aromatic carbocycles. The standard InChI is InChI=1S/C28H33N5O4/c1-6-36-25(37-7-2)18-32(4)28(34)23-13-10-21(16-19(23)3)31-26-27-30-17-24(33(27)15-14-29-26)20-8-11-22(35-5)12-9-20/h8-17,25H,6-7,18H2,1-5H3,(H,29,31). The molecule has 0 aliphatic heterocycles. The quantitative estimate of drug-likeness (QED) is 0.290. The zero-order valence-electron chi connectivity index (χ0n) is 21.9. The fourth-order valence-electron chi connectivity index (χ4n) is 4.14. The molecule has 0 radical (unpaired) electrons. The van der Waals surface area contributed by atoms with Crippen molar-refractivity contribution in [2.75, 3.05) is 39.2 Å². The van der Waals surface area contributed by atoms with Crippen LogP contribution in [0.5, 0.6) is 5.75 Å². The molecule has 9 heteroatoms. The molecule has 0 fully saturated rings. The van der Waals surface area contributed by atoms with E-state index in [4.69, 9.17) is 14.2 Å². The number of likely N-dealkylation sites (N-methyl/N-ethyl adjacent to an activating group) is 1. The second kappa shape index (κ2) is 11.9. The van der Waals surface area contributed by atoms with Crippen LogP contribution in [-0.4, -0.2) is 65.4 Å². The van der Waals surface area contributed by atoms with E-state index in [2.05, 4.69) is 15.3 Å². The summed E-state index contributed by atoms with van der Waals surface area (Å²) in [4.78, 5) is 23.8. The van der Waals surface area contributed by atoms with Gasteiger partial charge in [0.25, 0.3) is 5.91 Å². The minimum atomic E-state index is -0.450. The van der Waals surface area contributed by atoms with Gasteiger partial charge in [-0.3, -0.25) is 9.20 Å². The number of hydrogen-bond acceptors (Lipinski definition) is 7. The van der Waals surface area contributed by atoms with Crippen LogP contribution in [-0.2, 0) is 9.47 Å². The molecule has 1 amide bonds. The summed E-state index contributed by atoms with van der Waals surface area (Å²) in [5, 5.41) is 3.35. The molecule has 0 aliphatic carbocycles. The first-order valence-electron chi connectivity index (χ1n) is 12.3. The van der Waals surface area contributed by atoms with Gasteiger partial charge in [-0.2, -0.15) is 0 Å². The lowest BCUT2D eigenvalue weighted by Crippen LogP contribution is -2.37. The number of hydrogen-bond donors (Lipinski definition) is 1. The van der Waals surface area contributed by atoms with Gasteiger partial charge in [-0.25, -0.2) is 9.97 Å². The molecule has 2 aromatic heterocycles. The summed E-state index contributed by atoms with van der Waals surface area (Å²) in [5.74, 6) is 1.33.